The number of anilines is 1. The summed E-state index contributed by atoms with van der Waals surface area (Å²) in [6.45, 7) is 3.19. The third-order valence-corrected chi connectivity index (χ3v) is 4.26. The van der Waals surface area contributed by atoms with E-state index in [-0.39, 0.29) is 24.1 Å². The average Bonchev–Trinajstić information content (AvgIpc) is 2.94. The molecule has 1 aliphatic heterocycles. The van der Waals surface area contributed by atoms with Crippen molar-refractivity contribution < 1.29 is 19.6 Å². The van der Waals surface area contributed by atoms with Crippen molar-refractivity contribution in [2.75, 3.05) is 25.0 Å². The minimum Gasteiger partial charge on any atom is -0.481 e. The number of carboxylic acid groups (broad SMARTS) is 1. The van der Waals surface area contributed by atoms with Crippen LogP contribution < -0.4 is 5.32 Å². The van der Waals surface area contributed by atoms with Crippen LogP contribution in [-0.4, -0.2) is 46.4 Å². The number of non-ortho nitro benzene ring substituents is 1. The molecule has 24 heavy (non-hydrogen) atoms. The molecule has 0 aliphatic carbocycles. The molecule has 1 heterocycles. The monoisotopic (exact) mass is 335 g/mol. The topological polar surface area (TPSA) is 113 Å². The molecule has 1 aliphatic rings. The fourth-order valence-corrected chi connectivity index (χ4v) is 2.82. The van der Waals surface area contributed by atoms with E-state index in [0.717, 1.165) is 5.69 Å². The molecule has 130 valence electrons. The lowest BCUT2D eigenvalue weighted by molar-refractivity contribution is -0.384. The number of nitrogens with one attached hydrogen (secondary N) is 1. The molecule has 8 nitrogen and oxygen atoms in total. The number of likely N-dealkylation sites (tertiary alicyclic amines) is 1. The van der Waals surface area contributed by atoms with Gasteiger partial charge >= 0.3 is 5.97 Å². The average molecular weight is 335 g/mol. The number of amides is 1. The van der Waals surface area contributed by atoms with Gasteiger partial charge in [0.2, 0.25) is 5.91 Å². The van der Waals surface area contributed by atoms with E-state index in [9.17, 15) is 19.7 Å². The number of benzene rings is 1. The van der Waals surface area contributed by atoms with Crippen LogP contribution in [0, 0.1) is 22.0 Å². The van der Waals surface area contributed by atoms with Crippen LogP contribution in [0.2, 0.25) is 0 Å². The molecule has 0 radical (unpaired) electrons. The second-order valence-electron chi connectivity index (χ2n) is 6.06. The van der Waals surface area contributed by atoms with Gasteiger partial charge in [-0.25, -0.2) is 0 Å². The van der Waals surface area contributed by atoms with Gasteiger partial charge in [-0.2, -0.15) is 0 Å². The first-order valence-corrected chi connectivity index (χ1v) is 7.87. The zero-order chi connectivity index (χ0) is 17.7. The van der Waals surface area contributed by atoms with Crippen molar-refractivity contribution in [3.63, 3.8) is 0 Å². The van der Waals surface area contributed by atoms with Crippen LogP contribution >= 0.6 is 0 Å². The van der Waals surface area contributed by atoms with E-state index in [1.807, 2.05) is 6.92 Å². The highest BCUT2D eigenvalue weighted by molar-refractivity contribution is 5.79. The van der Waals surface area contributed by atoms with Crippen LogP contribution in [-0.2, 0) is 9.59 Å². The lowest BCUT2D eigenvalue weighted by atomic mass is 9.99. The summed E-state index contributed by atoms with van der Waals surface area (Å²) in [7, 11) is 0. The van der Waals surface area contributed by atoms with Crippen molar-refractivity contribution in [3.8, 4) is 0 Å². The van der Waals surface area contributed by atoms with Crippen LogP contribution in [0.15, 0.2) is 24.3 Å². The van der Waals surface area contributed by atoms with Crippen LogP contribution in [0.1, 0.15) is 19.8 Å². The van der Waals surface area contributed by atoms with Crippen molar-refractivity contribution in [2.24, 2.45) is 11.8 Å². The van der Waals surface area contributed by atoms with Gasteiger partial charge in [0, 0.05) is 43.9 Å². The van der Waals surface area contributed by atoms with E-state index in [4.69, 9.17) is 5.11 Å². The SMILES string of the molecule is C[C@@H]1CN(C(=O)CCCNc2ccc([N+](=O)[O-])cc2)C[C@H]1C(=O)O. The van der Waals surface area contributed by atoms with Gasteiger partial charge in [-0.05, 0) is 24.5 Å². The van der Waals surface area contributed by atoms with Gasteiger partial charge in [0.15, 0.2) is 0 Å². The zero-order valence-corrected chi connectivity index (χ0v) is 13.5. The van der Waals surface area contributed by atoms with Gasteiger partial charge in [0.25, 0.3) is 5.69 Å². The van der Waals surface area contributed by atoms with E-state index < -0.39 is 16.8 Å². The number of carbonyl (C=O) groups is 2. The molecule has 2 rings (SSSR count). The quantitative estimate of drug-likeness (QED) is 0.447. The molecule has 1 aromatic rings. The molecule has 2 N–H and O–H groups in total. The van der Waals surface area contributed by atoms with Crippen LogP contribution in [0.5, 0.6) is 0 Å². The third-order valence-electron chi connectivity index (χ3n) is 4.26. The highest BCUT2D eigenvalue weighted by Gasteiger charge is 2.36. The Hall–Kier alpha value is -2.64. The van der Waals surface area contributed by atoms with Crippen molar-refractivity contribution in [2.45, 2.75) is 19.8 Å². The number of nitrogens with zero attached hydrogens (tertiary/aromatic N) is 2. The van der Waals surface area contributed by atoms with Gasteiger partial charge in [-0.3, -0.25) is 19.7 Å². The first-order chi connectivity index (χ1) is 11.4. The highest BCUT2D eigenvalue weighted by atomic mass is 16.6. The number of carbonyl (C=O) groups excluding carboxylic acids is 1. The number of hydrogen-bond donors (Lipinski definition) is 2. The van der Waals surface area contributed by atoms with Crippen molar-refractivity contribution in [1.29, 1.82) is 0 Å². The van der Waals surface area contributed by atoms with E-state index in [1.54, 1.807) is 17.0 Å². The highest BCUT2D eigenvalue weighted by Crippen LogP contribution is 2.24. The predicted octanol–water partition coefficient (Wildman–Crippen LogP) is 1.97. The molecular formula is C16H21N3O5. The molecule has 8 heteroatoms. The summed E-state index contributed by atoms with van der Waals surface area (Å²) in [6, 6.07) is 6.09. The summed E-state index contributed by atoms with van der Waals surface area (Å²) < 4.78 is 0. The lowest BCUT2D eigenvalue weighted by Crippen LogP contribution is -2.30. The minimum absolute atomic E-state index is 0.0234. The van der Waals surface area contributed by atoms with E-state index in [2.05, 4.69) is 5.32 Å². The fraction of sp³-hybridized carbons (Fsp3) is 0.500. The second kappa shape index (κ2) is 7.76. The Morgan fingerprint density at radius 2 is 2.00 bits per heavy atom. The normalized spacial score (nSPS) is 20.0. The second-order valence-corrected chi connectivity index (χ2v) is 6.06. The minimum atomic E-state index is -0.849. The smallest absolute Gasteiger partial charge is 0.308 e. The molecule has 0 aromatic heterocycles. The standard InChI is InChI=1S/C16H21N3O5/c1-11-9-18(10-14(11)16(21)22)15(20)3-2-8-17-12-4-6-13(7-5-12)19(23)24/h4-7,11,14,17H,2-3,8-10H2,1H3,(H,21,22)/t11-,14-/m1/s1. The maximum atomic E-state index is 12.1. The Kier molecular flexibility index (Phi) is 5.73. The zero-order valence-electron chi connectivity index (χ0n) is 13.5. The lowest BCUT2D eigenvalue weighted by Gasteiger charge is -2.16. The Morgan fingerprint density at radius 1 is 1.33 bits per heavy atom. The van der Waals surface area contributed by atoms with Crippen LogP contribution in [0.3, 0.4) is 0 Å². The largest absolute Gasteiger partial charge is 0.481 e. The summed E-state index contributed by atoms with van der Waals surface area (Å²) in [5, 5.41) is 22.8. The molecule has 1 fully saturated rings. The number of aliphatic carboxylic acids is 1. The van der Waals surface area contributed by atoms with Crippen LogP contribution in [0.25, 0.3) is 0 Å². The Labute approximate surface area is 139 Å². The number of nitro benzene ring substituents is 1. The molecule has 1 amide bonds. The molecule has 0 spiro atoms. The van der Waals surface area contributed by atoms with Crippen molar-refractivity contribution in [3.05, 3.63) is 34.4 Å². The Morgan fingerprint density at radius 3 is 2.54 bits per heavy atom. The first kappa shape index (κ1) is 17.7. The number of rotatable bonds is 7. The van der Waals surface area contributed by atoms with E-state index in [0.29, 0.717) is 25.9 Å². The summed E-state index contributed by atoms with van der Waals surface area (Å²) in [5.41, 5.74) is 0.792. The summed E-state index contributed by atoms with van der Waals surface area (Å²) in [4.78, 5) is 34.9. The molecule has 2 atom stereocenters. The maximum Gasteiger partial charge on any atom is 0.308 e. The molecule has 0 unspecified atom stereocenters. The first-order valence-electron chi connectivity index (χ1n) is 7.87. The van der Waals surface area contributed by atoms with Gasteiger partial charge in [-0.15, -0.1) is 0 Å². The van der Waals surface area contributed by atoms with Crippen LogP contribution in [0.4, 0.5) is 11.4 Å². The molecule has 1 saturated heterocycles. The number of carboxylic acids is 1. The summed E-state index contributed by atoms with van der Waals surface area (Å²) >= 11 is 0. The van der Waals surface area contributed by atoms with Gasteiger partial charge in [-0.1, -0.05) is 6.92 Å². The van der Waals surface area contributed by atoms with Gasteiger partial charge in [0.1, 0.15) is 0 Å². The number of nitro groups is 1. The fourth-order valence-electron chi connectivity index (χ4n) is 2.82. The summed E-state index contributed by atoms with van der Waals surface area (Å²) in [5.74, 6) is -1.38. The molecule has 0 saturated carbocycles. The summed E-state index contributed by atoms with van der Waals surface area (Å²) in [6.07, 6.45) is 0.956. The van der Waals surface area contributed by atoms with E-state index >= 15 is 0 Å². The number of hydrogen-bond acceptors (Lipinski definition) is 5. The third kappa shape index (κ3) is 4.43. The Bertz CT molecular complexity index is 617. The molecule has 0 bridgehead atoms. The maximum absolute atomic E-state index is 12.1. The molecular weight excluding hydrogens is 314 g/mol. The molecule has 1 aromatic carbocycles. The van der Waals surface area contributed by atoms with E-state index in [1.165, 1.54) is 12.1 Å². The van der Waals surface area contributed by atoms with Crippen molar-refractivity contribution >= 4 is 23.3 Å². The predicted molar refractivity (Wildman–Crippen MR) is 87.7 cm³/mol. The van der Waals surface area contributed by atoms with Gasteiger partial charge < -0.3 is 15.3 Å². The Balaban J connectivity index is 1.71. The van der Waals surface area contributed by atoms with Crippen molar-refractivity contribution in [1.82, 2.24) is 4.90 Å². The van der Waals surface area contributed by atoms with Gasteiger partial charge in [0.05, 0.1) is 10.8 Å².